The highest BCUT2D eigenvalue weighted by atomic mass is 79.9. The SMILES string of the molecule is CCCCC(C)Nc1ncc([N+](=O)[O-])cc1Br. The third-order valence-electron chi connectivity index (χ3n) is 2.41. The van der Waals surface area contributed by atoms with Crippen LogP contribution in [0, 0.1) is 10.1 Å². The van der Waals surface area contributed by atoms with Gasteiger partial charge in [-0.1, -0.05) is 19.8 Å². The van der Waals surface area contributed by atoms with Gasteiger partial charge in [0, 0.05) is 12.1 Å². The zero-order valence-electron chi connectivity index (χ0n) is 9.94. The van der Waals surface area contributed by atoms with Gasteiger partial charge in [0.2, 0.25) is 0 Å². The normalized spacial score (nSPS) is 12.2. The summed E-state index contributed by atoms with van der Waals surface area (Å²) in [6.07, 6.45) is 4.63. The first-order valence-corrected chi connectivity index (χ1v) is 6.40. The van der Waals surface area contributed by atoms with Crippen molar-refractivity contribution in [1.29, 1.82) is 0 Å². The Morgan fingerprint density at radius 1 is 1.65 bits per heavy atom. The fraction of sp³-hybridized carbons (Fsp3) is 0.545. The van der Waals surface area contributed by atoms with Gasteiger partial charge >= 0.3 is 0 Å². The second-order valence-corrected chi connectivity index (χ2v) is 4.82. The maximum absolute atomic E-state index is 10.6. The molecule has 0 saturated carbocycles. The van der Waals surface area contributed by atoms with Crippen LogP contribution in [0.4, 0.5) is 11.5 Å². The Kier molecular flexibility index (Phi) is 5.34. The molecule has 1 atom stereocenters. The Morgan fingerprint density at radius 3 is 2.88 bits per heavy atom. The lowest BCUT2D eigenvalue weighted by molar-refractivity contribution is -0.385. The molecule has 0 aliphatic rings. The van der Waals surface area contributed by atoms with Crippen molar-refractivity contribution < 1.29 is 4.92 Å². The van der Waals surface area contributed by atoms with E-state index in [1.807, 2.05) is 0 Å². The first-order chi connectivity index (χ1) is 8.04. The molecule has 1 aromatic rings. The van der Waals surface area contributed by atoms with E-state index in [9.17, 15) is 10.1 Å². The molecule has 1 aromatic heterocycles. The van der Waals surface area contributed by atoms with E-state index in [4.69, 9.17) is 0 Å². The largest absolute Gasteiger partial charge is 0.367 e. The van der Waals surface area contributed by atoms with Gasteiger partial charge < -0.3 is 5.32 Å². The van der Waals surface area contributed by atoms with Crippen molar-refractivity contribution >= 4 is 27.4 Å². The molecule has 0 aromatic carbocycles. The van der Waals surface area contributed by atoms with Crippen LogP contribution in [-0.2, 0) is 0 Å². The van der Waals surface area contributed by atoms with E-state index in [0.29, 0.717) is 16.3 Å². The van der Waals surface area contributed by atoms with Crippen LogP contribution in [0.2, 0.25) is 0 Å². The van der Waals surface area contributed by atoms with Crippen molar-refractivity contribution in [2.75, 3.05) is 5.32 Å². The lowest BCUT2D eigenvalue weighted by Crippen LogP contribution is -2.16. The van der Waals surface area contributed by atoms with E-state index in [0.717, 1.165) is 19.3 Å². The van der Waals surface area contributed by atoms with Gasteiger partial charge in [0.25, 0.3) is 5.69 Å². The Bertz CT molecular complexity index is 398. The Balaban J connectivity index is 2.69. The number of rotatable bonds is 6. The van der Waals surface area contributed by atoms with Gasteiger partial charge in [0.15, 0.2) is 0 Å². The van der Waals surface area contributed by atoms with Crippen molar-refractivity contribution in [3.63, 3.8) is 0 Å². The molecule has 5 nitrogen and oxygen atoms in total. The highest BCUT2D eigenvalue weighted by Gasteiger charge is 2.11. The number of aromatic nitrogens is 1. The summed E-state index contributed by atoms with van der Waals surface area (Å²) in [7, 11) is 0. The maximum Gasteiger partial charge on any atom is 0.288 e. The molecule has 0 bridgehead atoms. The first kappa shape index (κ1) is 13.9. The minimum Gasteiger partial charge on any atom is -0.367 e. The fourth-order valence-electron chi connectivity index (χ4n) is 1.45. The highest BCUT2D eigenvalue weighted by molar-refractivity contribution is 9.10. The maximum atomic E-state index is 10.6. The summed E-state index contributed by atoms with van der Waals surface area (Å²) in [4.78, 5) is 14.1. The summed E-state index contributed by atoms with van der Waals surface area (Å²) in [5.41, 5.74) is -0.0105. The molecule has 0 aliphatic carbocycles. The Hall–Kier alpha value is -1.17. The van der Waals surface area contributed by atoms with Crippen LogP contribution in [0.25, 0.3) is 0 Å². The standard InChI is InChI=1S/C11H16BrN3O2/c1-3-4-5-8(2)14-11-10(12)6-9(7-13-11)15(16)17/h6-8H,3-5H2,1-2H3,(H,13,14). The molecular formula is C11H16BrN3O2. The molecule has 1 rings (SSSR count). The Labute approximate surface area is 109 Å². The van der Waals surface area contributed by atoms with Crippen molar-refractivity contribution in [1.82, 2.24) is 4.98 Å². The fourth-order valence-corrected chi connectivity index (χ4v) is 1.90. The van der Waals surface area contributed by atoms with Gasteiger partial charge in [0.05, 0.1) is 9.40 Å². The van der Waals surface area contributed by atoms with Crippen molar-refractivity contribution in [3.8, 4) is 0 Å². The predicted octanol–water partition coefficient (Wildman–Crippen LogP) is 3.74. The summed E-state index contributed by atoms with van der Waals surface area (Å²) in [5, 5.41) is 13.8. The van der Waals surface area contributed by atoms with Crippen LogP contribution in [-0.4, -0.2) is 15.9 Å². The van der Waals surface area contributed by atoms with Crippen LogP contribution in [0.1, 0.15) is 33.1 Å². The van der Waals surface area contributed by atoms with E-state index >= 15 is 0 Å². The molecule has 17 heavy (non-hydrogen) atoms. The molecule has 0 amide bonds. The number of anilines is 1. The highest BCUT2D eigenvalue weighted by Crippen LogP contribution is 2.25. The molecular weight excluding hydrogens is 286 g/mol. The molecule has 6 heteroatoms. The van der Waals surface area contributed by atoms with Gasteiger partial charge in [-0.2, -0.15) is 0 Å². The average Bonchev–Trinajstić information content (AvgIpc) is 2.28. The molecule has 0 fully saturated rings. The third kappa shape index (κ3) is 4.30. The predicted molar refractivity (Wildman–Crippen MR) is 71.2 cm³/mol. The molecule has 94 valence electrons. The second-order valence-electron chi connectivity index (χ2n) is 3.97. The van der Waals surface area contributed by atoms with E-state index in [2.05, 4.69) is 40.1 Å². The second kappa shape index (κ2) is 6.54. The van der Waals surface area contributed by atoms with Gasteiger partial charge in [-0.05, 0) is 29.3 Å². The molecule has 0 saturated heterocycles. The van der Waals surface area contributed by atoms with Gasteiger partial charge in [-0.15, -0.1) is 0 Å². The molecule has 1 N–H and O–H groups in total. The van der Waals surface area contributed by atoms with E-state index in [1.165, 1.54) is 12.3 Å². The number of hydrogen-bond donors (Lipinski definition) is 1. The zero-order valence-corrected chi connectivity index (χ0v) is 11.5. The number of unbranched alkanes of at least 4 members (excludes halogenated alkanes) is 1. The van der Waals surface area contributed by atoms with E-state index in [1.54, 1.807) is 0 Å². The van der Waals surface area contributed by atoms with Crippen molar-refractivity contribution in [2.24, 2.45) is 0 Å². The quantitative estimate of drug-likeness (QED) is 0.642. The van der Waals surface area contributed by atoms with E-state index < -0.39 is 4.92 Å². The first-order valence-electron chi connectivity index (χ1n) is 5.61. The summed E-state index contributed by atoms with van der Waals surface area (Å²) in [5.74, 6) is 0.652. The molecule has 1 heterocycles. The number of halogens is 1. The van der Waals surface area contributed by atoms with Crippen LogP contribution >= 0.6 is 15.9 Å². The summed E-state index contributed by atoms with van der Waals surface area (Å²) in [6, 6.07) is 1.77. The summed E-state index contributed by atoms with van der Waals surface area (Å²) in [6.45, 7) is 4.22. The molecule has 0 spiro atoms. The number of nitro groups is 1. The molecule has 0 radical (unpaired) electrons. The third-order valence-corrected chi connectivity index (χ3v) is 3.02. The molecule has 1 unspecified atom stereocenters. The van der Waals surface area contributed by atoms with Crippen LogP contribution in [0.5, 0.6) is 0 Å². The summed E-state index contributed by atoms with van der Waals surface area (Å²) < 4.78 is 0.620. The lowest BCUT2D eigenvalue weighted by atomic mass is 10.1. The Morgan fingerprint density at radius 2 is 2.35 bits per heavy atom. The zero-order chi connectivity index (χ0) is 12.8. The minimum absolute atomic E-state index is 0.0105. The monoisotopic (exact) mass is 301 g/mol. The van der Waals surface area contributed by atoms with Gasteiger partial charge in [0.1, 0.15) is 12.0 Å². The van der Waals surface area contributed by atoms with Crippen LogP contribution < -0.4 is 5.32 Å². The van der Waals surface area contributed by atoms with Gasteiger partial charge in [-0.25, -0.2) is 4.98 Å². The van der Waals surface area contributed by atoms with Crippen molar-refractivity contribution in [3.05, 3.63) is 26.9 Å². The number of hydrogen-bond acceptors (Lipinski definition) is 4. The molecule has 0 aliphatic heterocycles. The van der Waals surface area contributed by atoms with Gasteiger partial charge in [-0.3, -0.25) is 10.1 Å². The smallest absolute Gasteiger partial charge is 0.288 e. The van der Waals surface area contributed by atoms with E-state index in [-0.39, 0.29) is 5.69 Å². The lowest BCUT2D eigenvalue weighted by Gasteiger charge is -2.14. The van der Waals surface area contributed by atoms with Crippen LogP contribution in [0.3, 0.4) is 0 Å². The minimum atomic E-state index is -0.456. The number of nitrogens with one attached hydrogen (secondary N) is 1. The van der Waals surface area contributed by atoms with Crippen molar-refractivity contribution in [2.45, 2.75) is 39.2 Å². The number of pyridine rings is 1. The number of nitrogens with zero attached hydrogens (tertiary/aromatic N) is 2. The topological polar surface area (TPSA) is 68.1 Å². The average molecular weight is 302 g/mol. The van der Waals surface area contributed by atoms with Crippen LogP contribution in [0.15, 0.2) is 16.7 Å². The summed E-state index contributed by atoms with van der Waals surface area (Å²) >= 11 is 3.28.